The molecule has 0 aliphatic carbocycles. The van der Waals surface area contributed by atoms with Gasteiger partial charge in [0.2, 0.25) is 5.91 Å². The van der Waals surface area contributed by atoms with Crippen LogP contribution < -0.4 is 0 Å². The molecule has 1 heterocycles. The number of hydrogen-bond acceptors (Lipinski definition) is 2. The molecule has 0 atom stereocenters. The largest absolute Gasteiger partial charge is 0.336 e. The standard InChI is InChI=1S/C17H19Cl2NOS/c1-12(2)20(10-14-3-5-15(18)16(19)9-14)17(21)6-4-13-7-8-22-11-13/h3,5,7-9,11-12H,4,6,10H2,1-2H3. The number of benzene rings is 1. The summed E-state index contributed by atoms with van der Waals surface area (Å²) in [4.78, 5) is 14.4. The normalized spacial score (nSPS) is 11.0. The van der Waals surface area contributed by atoms with E-state index < -0.39 is 0 Å². The first kappa shape index (κ1) is 17.3. The highest BCUT2D eigenvalue weighted by Gasteiger charge is 2.17. The quantitative estimate of drug-likeness (QED) is 0.676. The number of aryl methyl sites for hydroxylation is 1. The van der Waals surface area contributed by atoms with Crippen LogP contribution in [0.3, 0.4) is 0 Å². The number of nitrogens with zero attached hydrogens (tertiary/aromatic N) is 1. The molecule has 5 heteroatoms. The summed E-state index contributed by atoms with van der Waals surface area (Å²) in [5, 5.41) is 5.18. The minimum atomic E-state index is 0.143. The predicted molar refractivity (Wildman–Crippen MR) is 94.8 cm³/mol. The Balaban J connectivity index is 2.02. The van der Waals surface area contributed by atoms with E-state index in [0.717, 1.165) is 12.0 Å². The first-order chi connectivity index (χ1) is 10.5. The smallest absolute Gasteiger partial charge is 0.223 e. The average molecular weight is 356 g/mol. The summed E-state index contributed by atoms with van der Waals surface area (Å²) >= 11 is 13.6. The molecule has 0 unspecified atom stereocenters. The van der Waals surface area contributed by atoms with Gasteiger partial charge in [-0.2, -0.15) is 11.3 Å². The number of halogens is 2. The maximum absolute atomic E-state index is 12.5. The van der Waals surface area contributed by atoms with Gasteiger partial charge in [-0.3, -0.25) is 4.79 Å². The summed E-state index contributed by atoms with van der Waals surface area (Å²) in [6, 6.07) is 7.72. The molecule has 22 heavy (non-hydrogen) atoms. The molecule has 0 radical (unpaired) electrons. The van der Waals surface area contributed by atoms with Crippen LogP contribution in [-0.2, 0) is 17.8 Å². The summed E-state index contributed by atoms with van der Waals surface area (Å²) in [6.45, 7) is 4.61. The van der Waals surface area contributed by atoms with Gasteiger partial charge in [-0.1, -0.05) is 29.3 Å². The molecule has 0 aliphatic rings. The maximum Gasteiger partial charge on any atom is 0.223 e. The summed E-state index contributed by atoms with van der Waals surface area (Å²) in [6.07, 6.45) is 1.31. The second-order valence-electron chi connectivity index (χ2n) is 5.50. The molecular weight excluding hydrogens is 337 g/mol. The van der Waals surface area contributed by atoms with Crippen LogP contribution in [0.25, 0.3) is 0 Å². The summed E-state index contributed by atoms with van der Waals surface area (Å²) in [5.41, 5.74) is 2.21. The van der Waals surface area contributed by atoms with Gasteiger partial charge in [0.05, 0.1) is 10.0 Å². The molecule has 118 valence electrons. The fourth-order valence-corrected chi connectivity index (χ4v) is 3.25. The summed E-state index contributed by atoms with van der Waals surface area (Å²) in [5.74, 6) is 0.160. The van der Waals surface area contributed by atoms with E-state index in [1.165, 1.54) is 5.56 Å². The SMILES string of the molecule is CC(C)N(Cc1ccc(Cl)c(Cl)c1)C(=O)CCc1ccsc1. The number of hydrogen-bond donors (Lipinski definition) is 0. The minimum absolute atomic E-state index is 0.143. The van der Waals surface area contributed by atoms with E-state index in [0.29, 0.717) is 23.0 Å². The monoisotopic (exact) mass is 355 g/mol. The van der Waals surface area contributed by atoms with E-state index in [9.17, 15) is 4.79 Å². The third-order valence-corrected chi connectivity index (χ3v) is 4.96. The number of carbonyl (C=O) groups excluding carboxylic acids is 1. The number of carbonyl (C=O) groups is 1. The molecule has 0 bridgehead atoms. The lowest BCUT2D eigenvalue weighted by Gasteiger charge is -2.27. The second kappa shape index (κ2) is 8.00. The topological polar surface area (TPSA) is 20.3 Å². The lowest BCUT2D eigenvalue weighted by Crippen LogP contribution is -2.36. The molecule has 0 spiro atoms. The Morgan fingerprint density at radius 1 is 1.18 bits per heavy atom. The van der Waals surface area contributed by atoms with Crippen molar-refractivity contribution in [2.75, 3.05) is 0 Å². The number of thiophene rings is 1. The Bertz CT molecular complexity index is 626. The summed E-state index contributed by atoms with van der Waals surface area (Å²) < 4.78 is 0. The lowest BCUT2D eigenvalue weighted by atomic mass is 10.1. The molecule has 0 aliphatic heterocycles. The fourth-order valence-electron chi connectivity index (χ4n) is 2.22. The van der Waals surface area contributed by atoms with E-state index in [1.807, 2.05) is 36.3 Å². The molecule has 1 amide bonds. The van der Waals surface area contributed by atoms with Crippen molar-refractivity contribution in [1.29, 1.82) is 0 Å². The third-order valence-electron chi connectivity index (χ3n) is 3.49. The van der Waals surface area contributed by atoms with Gasteiger partial charge >= 0.3 is 0 Å². The van der Waals surface area contributed by atoms with E-state index in [1.54, 1.807) is 17.4 Å². The van der Waals surface area contributed by atoms with Gasteiger partial charge in [0.15, 0.2) is 0 Å². The Hall–Kier alpha value is -1.03. The van der Waals surface area contributed by atoms with Gasteiger partial charge in [0, 0.05) is 19.0 Å². The lowest BCUT2D eigenvalue weighted by molar-refractivity contribution is -0.133. The molecule has 0 N–H and O–H groups in total. The molecule has 2 aromatic rings. The van der Waals surface area contributed by atoms with E-state index in [4.69, 9.17) is 23.2 Å². The van der Waals surface area contributed by atoms with Crippen LogP contribution in [0.2, 0.25) is 10.0 Å². The van der Waals surface area contributed by atoms with Crippen molar-refractivity contribution in [2.45, 2.75) is 39.3 Å². The molecular formula is C17H19Cl2NOS. The number of rotatable bonds is 6. The molecule has 1 aromatic heterocycles. The van der Waals surface area contributed by atoms with Gasteiger partial charge in [0.25, 0.3) is 0 Å². The Morgan fingerprint density at radius 3 is 2.55 bits per heavy atom. The van der Waals surface area contributed by atoms with Crippen LogP contribution in [0.1, 0.15) is 31.4 Å². The third kappa shape index (κ3) is 4.73. The molecule has 1 aromatic carbocycles. The van der Waals surface area contributed by atoms with Gasteiger partial charge in [0.1, 0.15) is 0 Å². The highest BCUT2D eigenvalue weighted by molar-refractivity contribution is 7.07. The minimum Gasteiger partial charge on any atom is -0.336 e. The van der Waals surface area contributed by atoms with Crippen molar-refractivity contribution in [3.05, 3.63) is 56.2 Å². The van der Waals surface area contributed by atoms with E-state index in [2.05, 4.69) is 11.4 Å². The molecule has 2 nitrogen and oxygen atoms in total. The predicted octanol–water partition coefficient (Wildman–Crippen LogP) is 5.42. The van der Waals surface area contributed by atoms with Gasteiger partial charge in [-0.15, -0.1) is 0 Å². The Morgan fingerprint density at radius 2 is 1.95 bits per heavy atom. The Kier molecular flexibility index (Phi) is 6.30. The van der Waals surface area contributed by atoms with Gasteiger partial charge in [-0.25, -0.2) is 0 Å². The molecule has 0 saturated carbocycles. The van der Waals surface area contributed by atoms with Gasteiger partial charge < -0.3 is 4.90 Å². The zero-order chi connectivity index (χ0) is 16.1. The zero-order valence-corrected chi connectivity index (χ0v) is 15.0. The van der Waals surface area contributed by atoms with Crippen molar-refractivity contribution in [1.82, 2.24) is 4.90 Å². The summed E-state index contributed by atoms with van der Waals surface area (Å²) in [7, 11) is 0. The fraction of sp³-hybridized carbons (Fsp3) is 0.353. The highest BCUT2D eigenvalue weighted by atomic mass is 35.5. The van der Waals surface area contributed by atoms with Crippen LogP contribution in [0.15, 0.2) is 35.0 Å². The zero-order valence-electron chi connectivity index (χ0n) is 12.7. The van der Waals surface area contributed by atoms with Crippen LogP contribution in [0.4, 0.5) is 0 Å². The van der Waals surface area contributed by atoms with Crippen molar-refractivity contribution < 1.29 is 4.79 Å². The van der Waals surface area contributed by atoms with Crippen LogP contribution in [0, 0.1) is 0 Å². The first-order valence-corrected chi connectivity index (χ1v) is 8.91. The maximum atomic E-state index is 12.5. The van der Waals surface area contributed by atoms with Crippen molar-refractivity contribution >= 4 is 40.4 Å². The molecule has 0 fully saturated rings. The van der Waals surface area contributed by atoms with Crippen LogP contribution in [0.5, 0.6) is 0 Å². The van der Waals surface area contributed by atoms with Crippen molar-refractivity contribution in [3.8, 4) is 0 Å². The van der Waals surface area contributed by atoms with Crippen LogP contribution in [-0.4, -0.2) is 16.8 Å². The Labute approximate surface area is 145 Å². The second-order valence-corrected chi connectivity index (χ2v) is 7.09. The van der Waals surface area contributed by atoms with Crippen molar-refractivity contribution in [2.24, 2.45) is 0 Å². The average Bonchev–Trinajstić information content (AvgIpc) is 2.99. The van der Waals surface area contributed by atoms with Crippen LogP contribution >= 0.6 is 34.5 Å². The number of amides is 1. The van der Waals surface area contributed by atoms with E-state index >= 15 is 0 Å². The van der Waals surface area contributed by atoms with Gasteiger partial charge in [-0.05, 0) is 60.4 Å². The van der Waals surface area contributed by atoms with Crippen molar-refractivity contribution in [3.63, 3.8) is 0 Å². The first-order valence-electron chi connectivity index (χ1n) is 7.22. The highest BCUT2D eigenvalue weighted by Crippen LogP contribution is 2.24. The van der Waals surface area contributed by atoms with E-state index in [-0.39, 0.29) is 11.9 Å². The molecule has 0 saturated heterocycles. The molecule has 2 rings (SSSR count).